The van der Waals surface area contributed by atoms with Crippen molar-refractivity contribution in [3.05, 3.63) is 60.3 Å². The number of nitrogens with two attached hydrogens (primary N) is 2. The van der Waals surface area contributed by atoms with Gasteiger partial charge in [-0.1, -0.05) is 0 Å². The zero-order valence-electron chi connectivity index (χ0n) is 16.1. The van der Waals surface area contributed by atoms with Gasteiger partial charge in [0.25, 0.3) is 11.8 Å². The predicted molar refractivity (Wildman–Crippen MR) is 104 cm³/mol. The first-order valence-electron chi connectivity index (χ1n) is 8.83. The van der Waals surface area contributed by atoms with Gasteiger partial charge in [0.15, 0.2) is 12.4 Å². The number of benzene rings is 2. The second-order valence-electron chi connectivity index (χ2n) is 6.18. The van der Waals surface area contributed by atoms with Crippen LogP contribution in [0.2, 0.25) is 0 Å². The van der Waals surface area contributed by atoms with Gasteiger partial charge in [-0.25, -0.2) is 4.98 Å². The van der Waals surface area contributed by atoms with Gasteiger partial charge in [0.1, 0.15) is 22.9 Å². The minimum atomic E-state index is -4.78. The Bertz CT molecular complexity index is 1120. The summed E-state index contributed by atoms with van der Waals surface area (Å²) in [5, 5.41) is 0. The maximum absolute atomic E-state index is 12.2. The van der Waals surface area contributed by atoms with Crippen LogP contribution in [0.15, 0.2) is 54.6 Å². The van der Waals surface area contributed by atoms with E-state index in [9.17, 15) is 22.8 Å². The Labute approximate surface area is 178 Å². The Morgan fingerprint density at radius 3 is 1.97 bits per heavy atom. The van der Waals surface area contributed by atoms with Crippen molar-refractivity contribution in [3.63, 3.8) is 0 Å². The summed E-state index contributed by atoms with van der Waals surface area (Å²) >= 11 is 0. The fourth-order valence-electron chi connectivity index (χ4n) is 2.42. The molecule has 0 saturated carbocycles. The number of primary amides is 2. The number of amides is 2. The lowest BCUT2D eigenvalue weighted by atomic mass is 10.2. The molecule has 2 amide bonds. The number of halogens is 3. The quantitative estimate of drug-likeness (QED) is 0.540. The van der Waals surface area contributed by atoms with Crippen molar-refractivity contribution in [1.29, 1.82) is 0 Å². The zero-order valence-corrected chi connectivity index (χ0v) is 16.1. The van der Waals surface area contributed by atoms with E-state index in [1.807, 2.05) is 0 Å². The van der Waals surface area contributed by atoms with Crippen LogP contribution in [0, 0.1) is 0 Å². The van der Waals surface area contributed by atoms with Crippen molar-refractivity contribution >= 4 is 11.8 Å². The fourth-order valence-corrected chi connectivity index (χ4v) is 2.42. The molecule has 0 radical (unpaired) electrons. The average molecular weight is 448 g/mol. The van der Waals surface area contributed by atoms with Gasteiger partial charge in [0.05, 0.1) is 0 Å². The van der Waals surface area contributed by atoms with Gasteiger partial charge in [-0.15, -0.1) is 13.2 Å². The summed E-state index contributed by atoms with van der Waals surface area (Å²) in [6, 6.07) is 12.3. The monoisotopic (exact) mass is 448 g/mol. The van der Waals surface area contributed by atoms with Gasteiger partial charge in [0, 0.05) is 11.6 Å². The van der Waals surface area contributed by atoms with Crippen LogP contribution in [0.4, 0.5) is 13.2 Å². The molecule has 1 heterocycles. The van der Waals surface area contributed by atoms with Crippen molar-refractivity contribution in [2.24, 2.45) is 11.5 Å². The number of hydrogen-bond donors (Lipinski definition) is 2. The number of ether oxygens (including phenoxy) is 3. The zero-order chi connectivity index (χ0) is 23.3. The molecule has 0 spiro atoms. The normalized spacial score (nSPS) is 11.0. The molecule has 0 aliphatic heterocycles. The molecule has 32 heavy (non-hydrogen) atoms. The van der Waals surface area contributed by atoms with E-state index in [-0.39, 0.29) is 28.9 Å². The van der Waals surface area contributed by atoms with E-state index in [1.54, 1.807) is 24.3 Å². The van der Waals surface area contributed by atoms with Crippen molar-refractivity contribution in [1.82, 2.24) is 9.97 Å². The molecule has 3 aromatic rings. The minimum absolute atomic E-state index is 0.0657. The Balaban J connectivity index is 1.76. The molecule has 0 saturated heterocycles. The second kappa shape index (κ2) is 9.20. The van der Waals surface area contributed by atoms with Crippen LogP contribution in [-0.2, 0) is 4.79 Å². The van der Waals surface area contributed by atoms with E-state index in [0.717, 1.165) is 12.1 Å². The summed E-state index contributed by atoms with van der Waals surface area (Å²) in [4.78, 5) is 30.6. The van der Waals surface area contributed by atoms with E-state index in [2.05, 4.69) is 14.7 Å². The Kier molecular flexibility index (Phi) is 6.42. The van der Waals surface area contributed by atoms with Crippen LogP contribution < -0.4 is 25.7 Å². The molecule has 0 unspecified atom stereocenters. The molecule has 0 bridgehead atoms. The molecule has 2 aromatic carbocycles. The summed E-state index contributed by atoms with van der Waals surface area (Å²) in [5.41, 5.74) is 10.6. The summed E-state index contributed by atoms with van der Waals surface area (Å²) < 4.78 is 51.2. The summed E-state index contributed by atoms with van der Waals surface area (Å²) in [6.45, 7) is -0.450. The van der Waals surface area contributed by atoms with Gasteiger partial charge < -0.3 is 25.7 Å². The Morgan fingerprint density at radius 2 is 1.44 bits per heavy atom. The number of rotatable bonds is 8. The molecule has 166 valence electrons. The number of nitrogens with zero attached hydrogens (tertiary/aromatic N) is 2. The smallest absolute Gasteiger partial charge is 0.467 e. The van der Waals surface area contributed by atoms with E-state index >= 15 is 0 Å². The van der Waals surface area contributed by atoms with E-state index in [1.165, 1.54) is 18.2 Å². The highest BCUT2D eigenvalue weighted by Gasteiger charge is 2.31. The van der Waals surface area contributed by atoms with Crippen molar-refractivity contribution in [3.8, 4) is 34.5 Å². The van der Waals surface area contributed by atoms with Crippen LogP contribution >= 0.6 is 0 Å². The lowest BCUT2D eigenvalue weighted by Crippen LogP contribution is -2.21. The minimum Gasteiger partial charge on any atom is -0.467 e. The highest BCUT2D eigenvalue weighted by molar-refractivity contribution is 5.91. The maximum Gasteiger partial charge on any atom is 0.573 e. The largest absolute Gasteiger partial charge is 0.573 e. The SMILES string of the molecule is NC(=O)COc1cc(C(N)=O)nc(-c2ccc(Oc3ccc(OC(F)(F)F)cc3)cc2)n1. The highest BCUT2D eigenvalue weighted by Crippen LogP contribution is 2.28. The van der Waals surface area contributed by atoms with Gasteiger partial charge in [-0.05, 0) is 48.5 Å². The standard InChI is InChI=1S/C20H15F3N4O5/c21-20(22,23)32-14-7-5-13(6-8-14)31-12-3-1-11(2-4-12)19-26-15(18(25)29)9-17(27-19)30-10-16(24)28/h1-9H,10H2,(H2,24,28)(H2,25,29). The number of carbonyl (C=O) groups is 2. The van der Waals surface area contributed by atoms with Gasteiger partial charge in [-0.3, -0.25) is 9.59 Å². The molecule has 4 N–H and O–H groups in total. The molecule has 0 aliphatic rings. The average Bonchev–Trinajstić information content (AvgIpc) is 2.73. The third kappa shape index (κ3) is 6.32. The molecule has 3 rings (SSSR count). The number of aromatic nitrogens is 2. The third-order valence-electron chi connectivity index (χ3n) is 3.72. The van der Waals surface area contributed by atoms with Gasteiger partial charge in [0.2, 0.25) is 5.88 Å². The lowest BCUT2D eigenvalue weighted by molar-refractivity contribution is -0.274. The molecule has 0 atom stereocenters. The lowest BCUT2D eigenvalue weighted by Gasteiger charge is -2.10. The topological polar surface area (TPSA) is 140 Å². The molecule has 1 aromatic heterocycles. The molecule has 0 fully saturated rings. The van der Waals surface area contributed by atoms with Crippen molar-refractivity contribution in [2.45, 2.75) is 6.36 Å². The summed E-state index contributed by atoms with van der Waals surface area (Å²) in [5.74, 6) is -1.25. The number of carbonyl (C=O) groups excluding carboxylic acids is 2. The summed E-state index contributed by atoms with van der Waals surface area (Å²) in [7, 11) is 0. The van der Waals surface area contributed by atoms with Crippen LogP contribution in [0.1, 0.15) is 10.5 Å². The van der Waals surface area contributed by atoms with Crippen LogP contribution in [-0.4, -0.2) is 34.8 Å². The molecular formula is C20H15F3N4O5. The highest BCUT2D eigenvalue weighted by atomic mass is 19.4. The number of alkyl halides is 3. The van der Waals surface area contributed by atoms with E-state index in [0.29, 0.717) is 11.3 Å². The Hall–Kier alpha value is -4.35. The van der Waals surface area contributed by atoms with Crippen LogP contribution in [0.3, 0.4) is 0 Å². The molecule has 9 nitrogen and oxygen atoms in total. The second-order valence-corrected chi connectivity index (χ2v) is 6.18. The molecule has 0 aliphatic carbocycles. The fraction of sp³-hybridized carbons (Fsp3) is 0.100. The van der Waals surface area contributed by atoms with Crippen LogP contribution in [0.25, 0.3) is 11.4 Å². The van der Waals surface area contributed by atoms with Gasteiger partial charge >= 0.3 is 6.36 Å². The molecule has 12 heteroatoms. The first-order valence-corrected chi connectivity index (χ1v) is 8.83. The summed E-state index contributed by atoms with van der Waals surface area (Å²) in [6.07, 6.45) is -4.78. The first-order chi connectivity index (χ1) is 15.1. The predicted octanol–water partition coefficient (Wildman–Crippen LogP) is 2.80. The van der Waals surface area contributed by atoms with Gasteiger partial charge in [-0.2, -0.15) is 4.98 Å². The number of hydrogen-bond acceptors (Lipinski definition) is 7. The third-order valence-corrected chi connectivity index (χ3v) is 3.72. The van der Waals surface area contributed by atoms with E-state index < -0.39 is 24.8 Å². The van der Waals surface area contributed by atoms with Crippen molar-refractivity contribution < 1.29 is 37.0 Å². The van der Waals surface area contributed by atoms with Crippen LogP contribution in [0.5, 0.6) is 23.1 Å². The maximum atomic E-state index is 12.2. The Morgan fingerprint density at radius 1 is 0.875 bits per heavy atom. The molecular weight excluding hydrogens is 433 g/mol. The van der Waals surface area contributed by atoms with E-state index in [4.69, 9.17) is 20.9 Å². The van der Waals surface area contributed by atoms with Crippen molar-refractivity contribution in [2.75, 3.05) is 6.61 Å². The first kappa shape index (κ1) is 22.3.